The van der Waals surface area contributed by atoms with Gasteiger partial charge in [0.25, 0.3) is 0 Å². The molecule has 0 aliphatic carbocycles. The Hall–Kier alpha value is -2.57. The lowest BCUT2D eigenvalue weighted by Crippen LogP contribution is -2.56. The third kappa shape index (κ3) is 9.54. The van der Waals surface area contributed by atoms with Crippen LogP contribution in [0.2, 0.25) is 0 Å². The fourth-order valence-electron chi connectivity index (χ4n) is 3.93. The number of carbonyl (C=O) groups is 3. The zero-order valence-electron chi connectivity index (χ0n) is 23.8. The maximum Gasteiger partial charge on any atom is 0.408 e. The Morgan fingerprint density at radius 2 is 1.54 bits per heavy atom. The monoisotopic (exact) mass is 489 g/mol. The highest BCUT2D eigenvalue weighted by Crippen LogP contribution is 2.30. The summed E-state index contributed by atoms with van der Waals surface area (Å²) in [6, 6.07) is 3.82. The van der Waals surface area contributed by atoms with Crippen LogP contribution in [0, 0.1) is 19.8 Å². The van der Waals surface area contributed by atoms with Crippen LogP contribution in [0.25, 0.3) is 0 Å². The molecule has 0 heterocycles. The van der Waals surface area contributed by atoms with Gasteiger partial charge in [-0.15, -0.1) is 0 Å². The first-order valence-electron chi connectivity index (χ1n) is 12.5. The summed E-state index contributed by atoms with van der Waals surface area (Å²) in [6.45, 7) is 22.8. The molecule has 0 aliphatic heterocycles. The Bertz CT molecular complexity index is 894. The first kappa shape index (κ1) is 30.5. The predicted octanol–water partition coefficient (Wildman–Crippen LogP) is 5.44. The van der Waals surface area contributed by atoms with E-state index in [1.807, 2.05) is 80.5 Å². The largest absolute Gasteiger partial charge is 0.444 e. The molecular weight excluding hydrogens is 442 g/mol. The number of nitrogens with zero attached hydrogens (tertiary/aromatic N) is 1. The fraction of sp³-hybridized carbons (Fsp3) is 0.679. The van der Waals surface area contributed by atoms with E-state index in [1.54, 1.807) is 25.7 Å². The number of carbonyl (C=O) groups excluding carboxylic acids is 3. The number of hydrogen-bond acceptors (Lipinski definition) is 4. The highest BCUT2D eigenvalue weighted by atomic mass is 16.6. The molecule has 7 nitrogen and oxygen atoms in total. The lowest BCUT2D eigenvalue weighted by atomic mass is 9.92. The summed E-state index contributed by atoms with van der Waals surface area (Å²) < 4.78 is 5.43. The van der Waals surface area contributed by atoms with Crippen molar-refractivity contribution in [2.45, 2.75) is 119 Å². The first-order chi connectivity index (χ1) is 15.8. The molecule has 198 valence electrons. The van der Waals surface area contributed by atoms with Gasteiger partial charge in [0.1, 0.15) is 17.7 Å². The van der Waals surface area contributed by atoms with E-state index in [0.717, 1.165) is 16.7 Å². The quantitative estimate of drug-likeness (QED) is 0.509. The zero-order valence-corrected chi connectivity index (χ0v) is 23.8. The Morgan fingerprint density at radius 1 is 0.971 bits per heavy atom. The second-order valence-corrected chi connectivity index (χ2v) is 12.1. The van der Waals surface area contributed by atoms with E-state index in [9.17, 15) is 14.4 Å². The van der Waals surface area contributed by atoms with E-state index in [-0.39, 0.29) is 23.8 Å². The van der Waals surface area contributed by atoms with Gasteiger partial charge in [-0.3, -0.25) is 9.59 Å². The summed E-state index contributed by atoms with van der Waals surface area (Å²) in [4.78, 5) is 42.0. The molecule has 7 heteroatoms. The molecule has 0 fully saturated rings. The zero-order chi connectivity index (χ0) is 27.3. The molecule has 2 unspecified atom stereocenters. The van der Waals surface area contributed by atoms with Gasteiger partial charge in [-0.25, -0.2) is 4.79 Å². The fourth-order valence-corrected chi connectivity index (χ4v) is 3.93. The SMILES string of the molecule is Cc1cccc(C(C(=O)NC(C)(C)C)N(C(=O)C(CC(C)C)NC(=O)OC(C)(C)C)C(C)C)c1C. The summed E-state index contributed by atoms with van der Waals surface area (Å²) in [5.74, 6) is -0.432. The van der Waals surface area contributed by atoms with Gasteiger partial charge in [0, 0.05) is 11.6 Å². The standard InChI is InChI=1S/C28H47N3O4/c1-17(2)16-22(29-26(34)35-28(10,11)12)25(33)31(18(3)4)23(24(32)30-27(7,8)9)21-15-13-14-19(5)20(21)6/h13-15,17-18,22-23H,16H2,1-12H3,(H,29,34)(H,30,32). The molecule has 0 aromatic heterocycles. The molecule has 0 saturated heterocycles. The number of hydrogen-bond donors (Lipinski definition) is 2. The number of benzene rings is 1. The van der Waals surface area contributed by atoms with Gasteiger partial charge in [-0.1, -0.05) is 32.0 Å². The normalized spacial score (nSPS) is 13.9. The third-order valence-electron chi connectivity index (χ3n) is 5.47. The second-order valence-electron chi connectivity index (χ2n) is 12.1. The van der Waals surface area contributed by atoms with Gasteiger partial charge in [0.2, 0.25) is 11.8 Å². The highest BCUT2D eigenvalue weighted by molar-refractivity contribution is 5.92. The molecule has 0 saturated carbocycles. The van der Waals surface area contributed by atoms with Crippen LogP contribution in [0.5, 0.6) is 0 Å². The molecule has 2 N–H and O–H groups in total. The van der Waals surface area contributed by atoms with Crippen LogP contribution in [-0.4, -0.2) is 46.0 Å². The molecular formula is C28H47N3O4. The van der Waals surface area contributed by atoms with Crippen LogP contribution >= 0.6 is 0 Å². The summed E-state index contributed by atoms with van der Waals surface area (Å²) in [5, 5.41) is 5.84. The number of rotatable bonds is 8. The van der Waals surface area contributed by atoms with E-state index in [0.29, 0.717) is 6.42 Å². The second kappa shape index (κ2) is 11.9. The number of aryl methyl sites for hydroxylation is 1. The summed E-state index contributed by atoms with van der Waals surface area (Å²) in [7, 11) is 0. The minimum atomic E-state index is -0.850. The third-order valence-corrected chi connectivity index (χ3v) is 5.47. The van der Waals surface area contributed by atoms with Crippen LogP contribution in [0.15, 0.2) is 18.2 Å². The number of alkyl carbamates (subject to hydrolysis) is 1. The minimum Gasteiger partial charge on any atom is -0.444 e. The average Bonchev–Trinajstić information content (AvgIpc) is 2.64. The average molecular weight is 490 g/mol. The first-order valence-corrected chi connectivity index (χ1v) is 12.5. The molecule has 0 radical (unpaired) electrons. The van der Waals surface area contributed by atoms with Gasteiger partial charge in [-0.2, -0.15) is 0 Å². The molecule has 0 bridgehead atoms. The van der Waals surface area contributed by atoms with Crippen molar-refractivity contribution in [1.82, 2.24) is 15.5 Å². The van der Waals surface area contributed by atoms with Gasteiger partial charge in [0.05, 0.1) is 0 Å². The Kier molecular flexibility index (Phi) is 10.4. The van der Waals surface area contributed by atoms with Gasteiger partial charge in [0.15, 0.2) is 0 Å². The molecule has 1 aromatic carbocycles. The number of nitrogens with one attached hydrogen (secondary N) is 2. The van der Waals surface area contributed by atoms with Crippen LogP contribution in [0.1, 0.15) is 98.4 Å². The van der Waals surface area contributed by atoms with Crippen LogP contribution in [-0.2, 0) is 14.3 Å². The Balaban J connectivity index is 3.58. The van der Waals surface area contributed by atoms with E-state index in [4.69, 9.17) is 4.74 Å². The molecule has 1 rings (SSSR count). The number of ether oxygens (including phenoxy) is 1. The minimum absolute atomic E-state index is 0.135. The topological polar surface area (TPSA) is 87.7 Å². The molecule has 1 aromatic rings. The lowest BCUT2D eigenvalue weighted by Gasteiger charge is -2.39. The van der Waals surface area contributed by atoms with E-state index in [1.165, 1.54) is 0 Å². The molecule has 0 aliphatic rings. The van der Waals surface area contributed by atoms with Crippen LogP contribution in [0.4, 0.5) is 4.79 Å². The predicted molar refractivity (Wildman–Crippen MR) is 141 cm³/mol. The summed E-state index contributed by atoms with van der Waals surface area (Å²) in [6.07, 6.45) is -0.232. The van der Waals surface area contributed by atoms with Crippen molar-refractivity contribution in [1.29, 1.82) is 0 Å². The van der Waals surface area contributed by atoms with E-state index < -0.39 is 29.3 Å². The molecule has 2 atom stereocenters. The van der Waals surface area contributed by atoms with Crippen molar-refractivity contribution in [3.8, 4) is 0 Å². The Labute approximate surface area is 212 Å². The number of amides is 3. The van der Waals surface area contributed by atoms with Crippen molar-refractivity contribution < 1.29 is 19.1 Å². The lowest BCUT2D eigenvalue weighted by molar-refractivity contribution is -0.145. The van der Waals surface area contributed by atoms with Crippen LogP contribution < -0.4 is 10.6 Å². The van der Waals surface area contributed by atoms with Gasteiger partial charge >= 0.3 is 6.09 Å². The van der Waals surface area contributed by atoms with Gasteiger partial charge < -0.3 is 20.3 Å². The maximum absolute atomic E-state index is 14.1. The highest BCUT2D eigenvalue weighted by Gasteiger charge is 2.39. The smallest absolute Gasteiger partial charge is 0.408 e. The summed E-state index contributed by atoms with van der Waals surface area (Å²) in [5.41, 5.74) is 1.60. The van der Waals surface area contributed by atoms with E-state index in [2.05, 4.69) is 10.6 Å². The Morgan fingerprint density at radius 3 is 2.00 bits per heavy atom. The van der Waals surface area contributed by atoms with Crippen molar-refractivity contribution in [3.63, 3.8) is 0 Å². The van der Waals surface area contributed by atoms with Crippen LogP contribution in [0.3, 0.4) is 0 Å². The maximum atomic E-state index is 14.1. The van der Waals surface area contributed by atoms with Crippen molar-refractivity contribution in [2.24, 2.45) is 5.92 Å². The van der Waals surface area contributed by atoms with Gasteiger partial charge in [-0.05, 0) is 98.3 Å². The van der Waals surface area contributed by atoms with Crippen molar-refractivity contribution in [2.75, 3.05) is 0 Å². The molecule has 0 spiro atoms. The molecule has 3 amide bonds. The van der Waals surface area contributed by atoms with Crippen molar-refractivity contribution in [3.05, 3.63) is 34.9 Å². The van der Waals surface area contributed by atoms with E-state index >= 15 is 0 Å². The van der Waals surface area contributed by atoms with Crippen molar-refractivity contribution >= 4 is 17.9 Å². The molecule has 35 heavy (non-hydrogen) atoms. The summed E-state index contributed by atoms with van der Waals surface area (Å²) >= 11 is 0.